The summed E-state index contributed by atoms with van der Waals surface area (Å²) >= 11 is 0. The van der Waals surface area contributed by atoms with Gasteiger partial charge in [-0.1, -0.05) is 0 Å². The molecule has 0 saturated heterocycles. The van der Waals surface area contributed by atoms with Gasteiger partial charge in [0.1, 0.15) is 5.76 Å². The molecule has 0 aromatic carbocycles. The molecule has 2 aromatic heterocycles. The van der Waals surface area contributed by atoms with Crippen LogP contribution in [0.2, 0.25) is 0 Å². The summed E-state index contributed by atoms with van der Waals surface area (Å²) in [6.07, 6.45) is 2.51. The van der Waals surface area contributed by atoms with Gasteiger partial charge in [-0.3, -0.25) is 9.48 Å². The molecule has 3 rings (SSSR count). The molecule has 1 fully saturated rings. The van der Waals surface area contributed by atoms with Gasteiger partial charge in [-0.2, -0.15) is 5.10 Å². The van der Waals surface area contributed by atoms with Crippen LogP contribution in [0.15, 0.2) is 22.8 Å². The van der Waals surface area contributed by atoms with Crippen molar-refractivity contribution in [3.63, 3.8) is 0 Å². The van der Waals surface area contributed by atoms with Crippen molar-refractivity contribution >= 4 is 11.6 Å². The van der Waals surface area contributed by atoms with Crippen LogP contribution in [0.1, 0.15) is 49.4 Å². The Labute approximate surface area is 124 Å². The highest BCUT2D eigenvalue weighted by molar-refractivity contribution is 5.96. The summed E-state index contributed by atoms with van der Waals surface area (Å²) in [6, 6.07) is 4.08. The summed E-state index contributed by atoms with van der Waals surface area (Å²) in [4.78, 5) is 12.4. The van der Waals surface area contributed by atoms with E-state index >= 15 is 0 Å². The number of aromatic nitrogens is 2. The van der Waals surface area contributed by atoms with E-state index in [9.17, 15) is 4.79 Å². The first kappa shape index (κ1) is 13.9. The second kappa shape index (κ2) is 5.06. The normalized spacial score (nSPS) is 20.8. The molecular formula is C16H21N3O2. The van der Waals surface area contributed by atoms with Gasteiger partial charge in [-0.05, 0) is 46.2 Å². The predicted octanol–water partition coefficient (Wildman–Crippen LogP) is 3.42. The van der Waals surface area contributed by atoms with Gasteiger partial charge in [-0.25, -0.2) is 0 Å². The molecule has 1 N–H and O–H groups in total. The molecule has 0 radical (unpaired) electrons. The highest BCUT2D eigenvalue weighted by Crippen LogP contribution is 2.48. The lowest BCUT2D eigenvalue weighted by Gasteiger charge is -2.09. The molecular weight excluding hydrogens is 266 g/mol. The molecule has 2 aromatic rings. The molecule has 0 spiro atoms. The molecule has 1 amide bonds. The van der Waals surface area contributed by atoms with Crippen LogP contribution in [0.5, 0.6) is 0 Å². The fourth-order valence-corrected chi connectivity index (χ4v) is 2.86. The van der Waals surface area contributed by atoms with Gasteiger partial charge in [0.15, 0.2) is 0 Å². The van der Waals surface area contributed by atoms with Crippen molar-refractivity contribution in [1.29, 1.82) is 0 Å². The molecule has 5 nitrogen and oxygen atoms in total. The summed E-state index contributed by atoms with van der Waals surface area (Å²) in [5, 5.41) is 7.54. The van der Waals surface area contributed by atoms with Gasteiger partial charge in [0, 0.05) is 17.9 Å². The minimum Gasteiger partial charge on any atom is -0.469 e. The van der Waals surface area contributed by atoms with Crippen LogP contribution in [0, 0.1) is 19.8 Å². The van der Waals surface area contributed by atoms with E-state index in [1.54, 1.807) is 6.26 Å². The number of rotatable bonds is 4. The summed E-state index contributed by atoms with van der Waals surface area (Å²) in [6.45, 7) is 8.09. The van der Waals surface area contributed by atoms with E-state index in [0.29, 0.717) is 0 Å². The SMILES string of the molecule is Cc1nn(C(C)C)c(C)c1NC(=O)[C@H]1C[C@@H]1c1ccco1. The molecule has 0 aliphatic heterocycles. The van der Waals surface area contributed by atoms with Gasteiger partial charge in [0.2, 0.25) is 5.91 Å². The summed E-state index contributed by atoms with van der Waals surface area (Å²) < 4.78 is 7.32. The summed E-state index contributed by atoms with van der Waals surface area (Å²) in [5.41, 5.74) is 2.72. The molecule has 2 atom stereocenters. The van der Waals surface area contributed by atoms with Crippen molar-refractivity contribution in [1.82, 2.24) is 9.78 Å². The zero-order valence-corrected chi connectivity index (χ0v) is 12.9. The molecule has 0 unspecified atom stereocenters. The number of carbonyl (C=O) groups excluding carboxylic acids is 1. The molecule has 112 valence electrons. The van der Waals surface area contributed by atoms with E-state index < -0.39 is 0 Å². The van der Waals surface area contributed by atoms with Gasteiger partial charge in [-0.15, -0.1) is 0 Å². The van der Waals surface area contributed by atoms with Crippen LogP contribution >= 0.6 is 0 Å². The molecule has 1 aliphatic carbocycles. The topological polar surface area (TPSA) is 60.1 Å². The lowest BCUT2D eigenvalue weighted by Crippen LogP contribution is -2.16. The van der Waals surface area contributed by atoms with Crippen molar-refractivity contribution in [2.24, 2.45) is 5.92 Å². The average molecular weight is 287 g/mol. The fourth-order valence-electron chi connectivity index (χ4n) is 2.86. The third-order valence-corrected chi connectivity index (χ3v) is 4.10. The monoisotopic (exact) mass is 287 g/mol. The van der Waals surface area contributed by atoms with Crippen molar-refractivity contribution in [3.8, 4) is 0 Å². The Morgan fingerprint density at radius 3 is 2.81 bits per heavy atom. The molecule has 0 bridgehead atoms. The number of hydrogen-bond acceptors (Lipinski definition) is 3. The molecule has 1 aliphatic rings. The highest BCUT2D eigenvalue weighted by atomic mass is 16.3. The summed E-state index contributed by atoms with van der Waals surface area (Å²) in [5.74, 6) is 1.20. The molecule has 1 saturated carbocycles. The van der Waals surface area contributed by atoms with Crippen molar-refractivity contribution < 1.29 is 9.21 Å². The first-order valence-electron chi connectivity index (χ1n) is 7.39. The van der Waals surface area contributed by atoms with Crippen LogP contribution in [0.3, 0.4) is 0 Å². The second-order valence-corrected chi connectivity index (χ2v) is 6.04. The Morgan fingerprint density at radius 2 is 2.24 bits per heavy atom. The largest absolute Gasteiger partial charge is 0.469 e. The Balaban J connectivity index is 1.72. The van der Waals surface area contributed by atoms with Crippen molar-refractivity contribution in [2.75, 3.05) is 5.32 Å². The lowest BCUT2D eigenvalue weighted by molar-refractivity contribution is -0.117. The standard InChI is InChI=1S/C16H21N3O2/c1-9(2)19-11(4)15(10(3)18-19)17-16(20)13-8-12(13)14-6-5-7-21-14/h5-7,9,12-13H,8H2,1-4H3,(H,17,20)/t12-,13-/m0/s1. The third kappa shape index (κ3) is 2.48. The minimum atomic E-state index is 0.0114. The Morgan fingerprint density at radius 1 is 1.48 bits per heavy atom. The second-order valence-electron chi connectivity index (χ2n) is 6.04. The van der Waals surface area contributed by atoms with E-state index in [0.717, 1.165) is 29.3 Å². The minimum absolute atomic E-state index is 0.0114. The van der Waals surface area contributed by atoms with Crippen LogP contribution in [0.4, 0.5) is 5.69 Å². The maximum absolute atomic E-state index is 12.4. The molecule has 21 heavy (non-hydrogen) atoms. The Hall–Kier alpha value is -2.04. The number of hydrogen-bond donors (Lipinski definition) is 1. The number of anilines is 1. The van der Waals surface area contributed by atoms with Crippen LogP contribution in [0.25, 0.3) is 0 Å². The quantitative estimate of drug-likeness (QED) is 0.937. The number of aryl methyl sites for hydroxylation is 1. The van der Waals surface area contributed by atoms with E-state index in [-0.39, 0.29) is 23.8 Å². The first-order chi connectivity index (χ1) is 9.99. The summed E-state index contributed by atoms with van der Waals surface area (Å²) in [7, 11) is 0. The number of carbonyl (C=O) groups is 1. The first-order valence-corrected chi connectivity index (χ1v) is 7.39. The highest BCUT2D eigenvalue weighted by Gasteiger charge is 2.46. The third-order valence-electron chi connectivity index (χ3n) is 4.10. The van der Waals surface area contributed by atoms with Crippen molar-refractivity contribution in [2.45, 2.75) is 46.1 Å². The van der Waals surface area contributed by atoms with Gasteiger partial charge in [0.05, 0.1) is 23.3 Å². The van der Waals surface area contributed by atoms with E-state index in [4.69, 9.17) is 4.42 Å². The fraction of sp³-hybridized carbons (Fsp3) is 0.500. The van der Waals surface area contributed by atoms with Crippen LogP contribution < -0.4 is 5.32 Å². The number of nitrogens with zero attached hydrogens (tertiary/aromatic N) is 2. The number of amides is 1. The lowest BCUT2D eigenvalue weighted by atomic mass is 10.2. The van der Waals surface area contributed by atoms with Gasteiger partial charge in [0.25, 0.3) is 0 Å². The number of furan rings is 1. The van der Waals surface area contributed by atoms with Gasteiger partial charge >= 0.3 is 0 Å². The maximum Gasteiger partial charge on any atom is 0.228 e. The molecule has 2 heterocycles. The average Bonchev–Trinajstić information content (AvgIpc) is 2.95. The zero-order chi connectivity index (χ0) is 15.1. The van der Waals surface area contributed by atoms with E-state index in [1.165, 1.54) is 0 Å². The Bertz CT molecular complexity index is 655. The zero-order valence-electron chi connectivity index (χ0n) is 12.9. The van der Waals surface area contributed by atoms with E-state index in [2.05, 4.69) is 24.3 Å². The number of nitrogens with one attached hydrogen (secondary N) is 1. The van der Waals surface area contributed by atoms with E-state index in [1.807, 2.05) is 30.7 Å². The Kier molecular flexibility index (Phi) is 3.35. The van der Waals surface area contributed by atoms with Gasteiger partial charge < -0.3 is 9.73 Å². The molecule has 5 heteroatoms. The maximum atomic E-state index is 12.4. The smallest absolute Gasteiger partial charge is 0.228 e. The van der Waals surface area contributed by atoms with Crippen molar-refractivity contribution in [3.05, 3.63) is 35.5 Å². The predicted molar refractivity (Wildman–Crippen MR) is 80.3 cm³/mol. The van der Waals surface area contributed by atoms with Crippen LogP contribution in [-0.4, -0.2) is 15.7 Å². The van der Waals surface area contributed by atoms with Crippen LogP contribution in [-0.2, 0) is 4.79 Å².